The number of aromatic amines is 1. The summed E-state index contributed by atoms with van der Waals surface area (Å²) >= 11 is 5.22. The summed E-state index contributed by atoms with van der Waals surface area (Å²) in [7, 11) is 0. The third-order valence-electron chi connectivity index (χ3n) is 2.73. The second-order valence-electron chi connectivity index (χ2n) is 5.09. The van der Waals surface area contributed by atoms with Crippen LogP contribution in [0.15, 0.2) is 36.7 Å². The smallest absolute Gasteiger partial charge is 0.129 e. The number of nitrogens with one attached hydrogen (secondary N) is 1. The highest BCUT2D eigenvalue weighted by Crippen LogP contribution is 2.25. The predicted molar refractivity (Wildman–Crippen MR) is 73.6 cm³/mol. The minimum atomic E-state index is 0.172. The van der Waals surface area contributed by atoms with E-state index in [9.17, 15) is 0 Å². The molecule has 2 rings (SSSR count). The van der Waals surface area contributed by atoms with Crippen molar-refractivity contribution in [1.82, 2.24) is 9.97 Å². The molecule has 3 heteroatoms. The number of benzene rings is 1. The molecule has 0 fully saturated rings. The highest BCUT2D eigenvalue weighted by Gasteiger charge is 2.13. The fraction of sp³-hybridized carbons (Fsp3) is 0.286. The van der Waals surface area contributed by atoms with Gasteiger partial charge in [-0.2, -0.15) is 0 Å². The zero-order valence-electron chi connectivity index (χ0n) is 10.3. The van der Waals surface area contributed by atoms with Crippen LogP contribution < -0.4 is 0 Å². The topological polar surface area (TPSA) is 28.7 Å². The maximum atomic E-state index is 5.22. The molecule has 0 aliphatic heterocycles. The summed E-state index contributed by atoms with van der Waals surface area (Å²) in [6.07, 6.45) is 3.47. The largest absolute Gasteiger partial charge is 0.350 e. The second-order valence-corrected chi connectivity index (χ2v) is 5.50. The van der Waals surface area contributed by atoms with Crippen LogP contribution in [0.25, 0.3) is 11.3 Å². The van der Waals surface area contributed by atoms with Crippen molar-refractivity contribution in [2.75, 3.05) is 0 Å². The number of hydrogen-bond donors (Lipinski definition) is 1. The second kappa shape index (κ2) is 4.41. The molecule has 2 nitrogen and oxygen atoms in total. The fourth-order valence-corrected chi connectivity index (χ4v) is 1.92. The Kier molecular flexibility index (Phi) is 3.11. The van der Waals surface area contributed by atoms with Crippen molar-refractivity contribution < 1.29 is 0 Å². The van der Waals surface area contributed by atoms with Crippen LogP contribution in [0.5, 0.6) is 0 Å². The molecule has 0 bridgehead atoms. The van der Waals surface area contributed by atoms with Crippen molar-refractivity contribution in [2.24, 2.45) is 0 Å². The molecule has 88 valence electrons. The number of H-pyrrole nitrogens is 1. The van der Waals surface area contributed by atoms with Gasteiger partial charge in [-0.25, -0.2) is 0 Å². The number of nitrogens with zero attached hydrogens (tertiary/aromatic N) is 1. The van der Waals surface area contributed by atoms with E-state index in [-0.39, 0.29) is 5.41 Å². The van der Waals surface area contributed by atoms with E-state index >= 15 is 0 Å². The van der Waals surface area contributed by atoms with Crippen molar-refractivity contribution in [3.05, 3.63) is 46.9 Å². The van der Waals surface area contributed by atoms with E-state index in [1.54, 1.807) is 12.4 Å². The molecule has 0 saturated carbocycles. The van der Waals surface area contributed by atoms with E-state index in [4.69, 9.17) is 12.2 Å². The van der Waals surface area contributed by atoms with Crippen LogP contribution >= 0.6 is 12.2 Å². The molecule has 1 aromatic heterocycles. The molecule has 2 aromatic rings. The first-order valence-corrected chi connectivity index (χ1v) is 6.04. The lowest BCUT2D eigenvalue weighted by molar-refractivity contribution is 0.590. The summed E-state index contributed by atoms with van der Waals surface area (Å²) < 4.78 is 0.677. The van der Waals surface area contributed by atoms with E-state index in [2.05, 4.69) is 55.0 Å². The van der Waals surface area contributed by atoms with Crippen LogP contribution in [0.3, 0.4) is 0 Å². The first-order chi connectivity index (χ1) is 7.98. The van der Waals surface area contributed by atoms with Gasteiger partial charge in [-0.3, -0.25) is 4.98 Å². The minimum Gasteiger partial charge on any atom is -0.350 e. The number of hydrogen-bond acceptors (Lipinski definition) is 2. The van der Waals surface area contributed by atoms with Crippen LogP contribution in [-0.4, -0.2) is 9.97 Å². The number of aromatic nitrogens is 2. The summed E-state index contributed by atoms with van der Waals surface area (Å²) in [4.78, 5) is 7.30. The zero-order valence-corrected chi connectivity index (χ0v) is 11.1. The Hall–Kier alpha value is -1.48. The van der Waals surface area contributed by atoms with Crippen LogP contribution in [0.1, 0.15) is 26.3 Å². The minimum absolute atomic E-state index is 0.172. The van der Waals surface area contributed by atoms with Gasteiger partial charge in [0.25, 0.3) is 0 Å². The van der Waals surface area contributed by atoms with Gasteiger partial charge in [-0.05, 0) is 11.0 Å². The summed E-state index contributed by atoms with van der Waals surface area (Å²) in [5.74, 6) is 0. The van der Waals surface area contributed by atoms with E-state index in [1.807, 2.05) is 0 Å². The molecular weight excluding hydrogens is 228 g/mol. The third kappa shape index (κ3) is 2.61. The molecule has 1 heterocycles. The zero-order chi connectivity index (χ0) is 12.5. The van der Waals surface area contributed by atoms with Gasteiger partial charge in [0.05, 0.1) is 0 Å². The van der Waals surface area contributed by atoms with E-state index in [1.165, 1.54) is 5.56 Å². The van der Waals surface area contributed by atoms with Gasteiger partial charge in [0.2, 0.25) is 0 Å². The molecule has 0 aliphatic carbocycles. The normalized spacial score (nSPS) is 11.5. The molecule has 0 aliphatic rings. The van der Waals surface area contributed by atoms with Gasteiger partial charge in [0.1, 0.15) is 10.3 Å². The lowest BCUT2D eigenvalue weighted by Gasteiger charge is -2.19. The Labute approximate surface area is 107 Å². The molecular formula is C14H16N2S. The summed E-state index contributed by atoms with van der Waals surface area (Å²) in [5, 5.41) is 0. The first-order valence-electron chi connectivity index (χ1n) is 5.63. The summed E-state index contributed by atoms with van der Waals surface area (Å²) in [6.45, 7) is 6.61. The van der Waals surface area contributed by atoms with E-state index in [0.29, 0.717) is 4.64 Å². The summed E-state index contributed by atoms with van der Waals surface area (Å²) in [6, 6.07) is 8.43. The van der Waals surface area contributed by atoms with E-state index < -0.39 is 0 Å². The highest BCUT2D eigenvalue weighted by atomic mass is 32.1. The molecule has 17 heavy (non-hydrogen) atoms. The quantitative estimate of drug-likeness (QED) is 0.765. The Bertz CT molecular complexity index is 562. The lowest BCUT2D eigenvalue weighted by atomic mass is 9.86. The maximum absolute atomic E-state index is 5.22. The first kappa shape index (κ1) is 12.0. The molecule has 0 spiro atoms. The molecule has 0 amide bonds. The predicted octanol–water partition coefficient (Wildman–Crippen LogP) is 4.10. The van der Waals surface area contributed by atoms with Crippen molar-refractivity contribution in [2.45, 2.75) is 26.2 Å². The van der Waals surface area contributed by atoms with Crippen molar-refractivity contribution >= 4 is 12.2 Å². The van der Waals surface area contributed by atoms with Gasteiger partial charge >= 0.3 is 0 Å². The lowest BCUT2D eigenvalue weighted by Crippen LogP contribution is -2.10. The Morgan fingerprint density at radius 1 is 1.12 bits per heavy atom. The Morgan fingerprint density at radius 3 is 2.29 bits per heavy atom. The Balaban J connectivity index is 2.44. The van der Waals surface area contributed by atoms with Crippen LogP contribution in [0.2, 0.25) is 0 Å². The summed E-state index contributed by atoms with van der Waals surface area (Å²) in [5.41, 5.74) is 3.38. The van der Waals surface area contributed by atoms with Crippen molar-refractivity contribution in [3.8, 4) is 11.3 Å². The maximum Gasteiger partial charge on any atom is 0.129 e. The monoisotopic (exact) mass is 244 g/mol. The fourth-order valence-electron chi connectivity index (χ4n) is 1.69. The van der Waals surface area contributed by atoms with Crippen LogP contribution in [-0.2, 0) is 5.41 Å². The standard InChI is InChI=1S/C14H16N2S/c1-14(2,3)11-6-4-10(5-7-11)12-13(17)16-9-8-15-12/h4-9H,1-3H3,(H,16,17). The van der Waals surface area contributed by atoms with Crippen LogP contribution in [0.4, 0.5) is 0 Å². The average molecular weight is 244 g/mol. The molecule has 0 atom stereocenters. The third-order valence-corrected chi connectivity index (χ3v) is 3.04. The van der Waals surface area contributed by atoms with E-state index in [0.717, 1.165) is 11.3 Å². The van der Waals surface area contributed by atoms with Gasteiger partial charge in [0, 0.05) is 18.0 Å². The van der Waals surface area contributed by atoms with Gasteiger partial charge in [-0.1, -0.05) is 57.3 Å². The molecule has 0 unspecified atom stereocenters. The van der Waals surface area contributed by atoms with Crippen molar-refractivity contribution in [3.63, 3.8) is 0 Å². The molecule has 0 radical (unpaired) electrons. The van der Waals surface area contributed by atoms with Gasteiger partial charge in [-0.15, -0.1) is 0 Å². The Morgan fingerprint density at radius 2 is 1.76 bits per heavy atom. The molecule has 0 saturated heterocycles. The average Bonchev–Trinajstić information content (AvgIpc) is 2.29. The van der Waals surface area contributed by atoms with Gasteiger partial charge in [0.15, 0.2) is 0 Å². The number of rotatable bonds is 1. The van der Waals surface area contributed by atoms with Gasteiger partial charge < -0.3 is 4.98 Å². The van der Waals surface area contributed by atoms with Crippen molar-refractivity contribution in [1.29, 1.82) is 0 Å². The van der Waals surface area contributed by atoms with Crippen LogP contribution in [0, 0.1) is 4.64 Å². The molecule has 1 N–H and O–H groups in total. The SMILES string of the molecule is CC(C)(C)c1ccc(-c2ncc[nH]c2=S)cc1. The molecule has 1 aromatic carbocycles. The highest BCUT2D eigenvalue weighted by molar-refractivity contribution is 7.71.